The molecule has 0 saturated heterocycles. The molecule has 0 aromatic carbocycles. The second-order valence-electron chi connectivity index (χ2n) is 2.04. The monoisotopic (exact) mass is 188 g/mol. The molecule has 0 aliphatic heterocycles. The normalized spacial score (nSPS) is 10.9. The Morgan fingerprint density at radius 1 is 1.45 bits per heavy atom. The van der Waals surface area contributed by atoms with Gasteiger partial charge in [-0.3, -0.25) is 0 Å². The number of nitrogens with one attached hydrogen (secondary N) is 1. The van der Waals surface area contributed by atoms with Crippen molar-refractivity contribution in [3.8, 4) is 0 Å². The van der Waals surface area contributed by atoms with Crippen LogP contribution in [-0.2, 0) is 0 Å². The molecule has 0 bridgehead atoms. The molecular weight excluding hydrogens is 183 g/mol. The minimum atomic E-state index is -4.90. The Labute approximate surface area is 104 Å². The van der Waals surface area contributed by atoms with E-state index in [1.54, 1.807) is 0 Å². The Hall–Kier alpha value is 0.701. The van der Waals surface area contributed by atoms with Crippen LogP contribution in [-0.4, -0.2) is 17.2 Å². The number of nitrogens with zero attached hydrogens (tertiary/aromatic N) is 1. The van der Waals surface area contributed by atoms with E-state index in [0.717, 1.165) is 6.07 Å². The van der Waals surface area contributed by atoms with E-state index in [4.69, 9.17) is 0 Å². The number of H-pyrrole nitrogens is 1. The van der Waals surface area contributed by atoms with Gasteiger partial charge >= 0.3 is 58.4 Å². The Bertz CT molecular complexity index is 233. The zero-order valence-corrected chi connectivity index (χ0v) is 9.36. The maximum absolute atomic E-state index is 11.8. The molecule has 11 heavy (non-hydrogen) atoms. The molecule has 1 aromatic heterocycles. The summed E-state index contributed by atoms with van der Waals surface area (Å²) in [4.78, 5) is 0. The van der Waals surface area contributed by atoms with Crippen LogP contribution in [0.25, 0.3) is 0 Å². The van der Waals surface area contributed by atoms with Crippen LogP contribution in [0.5, 0.6) is 0 Å². The van der Waals surface area contributed by atoms with Crippen molar-refractivity contribution < 1.29 is 64.3 Å². The summed E-state index contributed by atoms with van der Waals surface area (Å²) < 4.78 is 35.4. The van der Waals surface area contributed by atoms with Gasteiger partial charge in [-0.1, -0.05) is 0 Å². The van der Waals surface area contributed by atoms with E-state index < -0.39 is 12.6 Å². The Morgan fingerprint density at radius 3 is 2.18 bits per heavy atom. The van der Waals surface area contributed by atoms with E-state index >= 15 is 0 Å². The molecule has 1 heterocycles. The number of hydrogen-bond donors (Lipinski definition) is 1. The Kier molecular flexibility index (Phi) is 4.35. The van der Waals surface area contributed by atoms with E-state index in [2.05, 4.69) is 5.10 Å². The van der Waals surface area contributed by atoms with Crippen LogP contribution in [0.3, 0.4) is 0 Å². The Balaban J connectivity index is 0.000001000. The number of hydrogen-bond acceptors (Lipinski definition) is 1. The zero-order valence-electron chi connectivity index (χ0n) is 6.24. The molecule has 1 N–H and O–H groups in total. The minimum Gasteiger partial charge on any atom is -0.444 e. The van der Waals surface area contributed by atoms with E-state index in [1.807, 2.05) is 5.10 Å². The van der Waals surface area contributed by atoms with Crippen molar-refractivity contribution >= 4 is 12.6 Å². The first-order valence-corrected chi connectivity index (χ1v) is 2.72. The second kappa shape index (κ2) is 4.09. The Morgan fingerprint density at radius 2 is 2.00 bits per heavy atom. The molecule has 0 amide bonds. The van der Waals surface area contributed by atoms with E-state index in [-0.39, 0.29) is 51.4 Å². The largest absolute Gasteiger partial charge is 1.00 e. The van der Waals surface area contributed by atoms with Gasteiger partial charge in [-0.15, -0.1) is 0 Å². The van der Waals surface area contributed by atoms with Gasteiger partial charge in [-0.05, 0) is 18.6 Å². The topological polar surface area (TPSA) is 28.7 Å². The zero-order chi connectivity index (χ0) is 7.78. The molecule has 1 aromatic rings. The van der Waals surface area contributed by atoms with Crippen molar-refractivity contribution in [3.05, 3.63) is 11.8 Å². The van der Waals surface area contributed by atoms with Crippen LogP contribution in [0.4, 0.5) is 12.9 Å². The van der Waals surface area contributed by atoms with Crippen molar-refractivity contribution in [3.63, 3.8) is 0 Å². The molecule has 0 radical (unpaired) electrons. The van der Waals surface area contributed by atoms with Crippen LogP contribution >= 0.6 is 0 Å². The number of aryl methyl sites for hydroxylation is 1. The van der Waals surface area contributed by atoms with Gasteiger partial charge in [0.15, 0.2) is 0 Å². The summed E-state index contributed by atoms with van der Waals surface area (Å²) in [6.07, 6.45) is 0. The first kappa shape index (κ1) is 11.7. The second-order valence-corrected chi connectivity index (χ2v) is 2.04. The van der Waals surface area contributed by atoms with Crippen molar-refractivity contribution in [2.75, 3.05) is 0 Å². The molecule has 7 heteroatoms. The first-order chi connectivity index (χ1) is 4.50. The first-order valence-electron chi connectivity index (χ1n) is 2.72. The van der Waals surface area contributed by atoms with Gasteiger partial charge in [0.1, 0.15) is 0 Å². The van der Waals surface area contributed by atoms with Gasteiger partial charge in [-0.2, -0.15) is 5.10 Å². The maximum atomic E-state index is 11.8. The molecule has 0 fully saturated rings. The number of aromatic amines is 1. The molecule has 0 spiro atoms. The van der Waals surface area contributed by atoms with Gasteiger partial charge in [0.2, 0.25) is 0 Å². The summed E-state index contributed by atoms with van der Waals surface area (Å²) in [6, 6.07) is 0.986. The number of halogens is 3. The summed E-state index contributed by atoms with van der Waals surface area (Å²) >= 11 is 0. The summed E-state index contributed by atoms with van der Waals surface area (Å²) in [5.74, 6) is 0. The molecular formula is C4H5BF3KN2. The molecule has 0 unspecified atom stereocenters. The van der Waals surface area contributed by atoms with Gasteiger partial charge in [-0.25, -0.2) is 0 Å². The van der Waals surface area contributed by atoms with Gasteiger partial charge in [0.25, 0.3) is 0 Å². The quantitative estimate of drug-likeness (QED) is 0.497. The van der Waals surface area contributed by atoms with Gasteiger partial charge in [0.05, 0.1) is 5.69 Å². The smallest absolute Gasteiger partial charge is 0.444 e. The maximum Gasteiger partial charge on any atom is 1.00 e. The molecule has 0 saturated carbocycles. The average Bonchev–Trinajstić information content (AvgIpc) is 2.11. The SMILES string of the molecule is Cc1cc([B-](F)(F)F)[nH]n1.[K+]. The summed E-state index contributed by atoms with van der Waals surface area (Å²) in [5.41, 5.74) is -0.383. The molecule has 0 atom stereocenters. The summed E-state index contributed by atoms with van der Waals surface area (Å²) in [5, 5.41) is 5.25. The molecule has 0 aliphatic rings. The number of aromatic nitrogens is 2. The average molecular weight is 188 g/mol. The third kappa shape index (κ3) is 3.29. The van der Waals surface area contributed by atoms with Crippen LogP contribution < -0.4 is 57.0 Å². The molecule has 0 aliphatic carbocycles. The third-order valence-electron chi connectivity index (χ3n) is 1.08. The number of rotatable bonds is 1. The van der Waals surface area contributed by atoms with Gasteiger partial charge < -0.3 is 18.0 Å². The van der Waals surface area contributed by atoms with E-state index in [0.29, 0.717) is 5.69 Å². The fourth-order valence-electron chi connectivity index (χ4n) is 0.610. The fraction of sp³-hybridized carbons (Fsp3) is 0.250. The fourth-order valence-corrected chi connectivity index (χ4v) is 0.610. The van der Waals surface area contributed by atoms with Gasteiger partial charge in [0, 0.05) is 0 Å². The van der Waals surface area contributed by atoms with E-state index in [1.165, 1.54) is 6.92 Å². The minimum absolute atomic E-state index is 0. The summed E-state index contributed by atoms with van der Waals surface area (Å²) in [6.45, 7) is -3.40. The molecule has 56 valence electrons. The van der Waals surface area contributed by atoms with E-state index in [9.17, 15) is 12.9 Å². The predicted octanol–water partition coefficient (Wildman–Crippen LogP) is -2.22. The van der Waals surface area contributed by atoms with Crippen LogP contribution in [0.1, 0.15) is 5.69 Å². The van der Waals surface area contributed by atoms with Crippen molar-refractivity contribution in [2.24, 2.45) is 0 Å². The van der Waals surface area contributed by atoms with Crippen LogP contribution in [0.2, 0.25) is 0 Å². The van der Waals surface area contributed by atoms with Crippen LogP contribution in [0, 0.1) is 6.92 Å². The van der Waals surface area contributed by atoms with Crippen molar-refractivity contribution in [1.29, 1.82) is 0 Å². The molecule has 2 nitrogen and oxygen atoms in total. The summed E-state index contributed by atoms with van der Waals surface area (Å²) in [7, 11) is 0. The standard InChI is InChI=1S/C4H5BF3N2.K/c1-3-2-4(10-9-3)5(6,7)8;/h2H,1H3,(H,9,10);/q-1;+1. The molecule has 1 rings (SSSR count). The predicted molar refractivity (Wildman–Crippen MR) is 32.0 cm³/mol. The third-order valence-corrected chi connectivity index (χ3v) is 1.08. The van der Waals surface area contributed by atoms with Crippen LogP contribution in [0.15, 0.2) is 6.07 Å². The van der Waals surface area contributed by atoms with Crippen molar-refractivity contribution in [2.45, 2.75) is 6.92 Å². The van der Waals surface area contributed by atoms with Crippen molar-refractivity contribution in [1.82, 2.24) is 10.2 Å².